The molecular formula is C14H13N3O4. The summed E-state index contributed by atoms with van der Waals surface area (Å²) >= 11 is 0. The van der Waals surface area contributed by atoms with Gasteiger partial charge in [0.25, 0.3) is 0 Å². The van der Waals surface area contributed by atoms with Gasteiger partial charge >= 0.3 is 11.7 Å². The van der Waals surface area contributed by atoms with Crippen LogP contribution < -0.4 is 0 Å². The Morgan fingerprint density at radius 1 is 1.38 bits per heavy atom. The molecule has 7 nitrogen and oxygen atoms in total. The van der Waals surface area contributed by atoms with Crippen molar-refractivity contribution < 1.29 is 14.8 Å². The maximum atomic E-state index is 11.4. The molecule has 1 aromatic heterocycles. The van der Waals surface area contributed by atoms with Crippen molar-refractivity contribution in [2.45, 2.75) is 19.3 Å². The van der Waals surface area contributed by atoms with Gasteiger partial charge in [0.05, 0.1) is 4.92 Å². The van der Waals surface area contributed by atoms with Gasteiger partial charge in [-0.05, 0) is 18.9 Å². The summed E-state index contributed by atoms with van der Waals surface area (Å²) in [5.74, 6) is -1.94. The van der Waals surface area contributed by atoms with E-state index in [1.165, 1.54) is 0 Å². The Morgan fingerprint density at radius 3 is 2.57 bits per heavy atom. The largest absolute Gasteiger partial charge is 0.481 e. The van der Waals surface area contributed by atoms with Crippen molar-refractivity contribution in [3.05, 3.63) is 63.7 Å². The minimum atomic E-state index is -1.06. The van der Waals surface area contributed by atoms with Gasteiger partial charge in [0.2, 0.25) is 0 Å². The van der Waals surface area contributed by atoms with Crippen LogP contribution in [0.4, 0.5) is 5.69 Å². The number of benzene rings is 1. The van der Waals surface area contributed by atoms with Gasteiger partial charge in [-0.2, -0.15) is 0 Å². The van der Waals surface area contributed by atoms with Gasteiger partial charge in [0, 0.05) is 0 Å². The fourth-order valence-electron chi connectivity index (χ4n) is 1.97. The normalized spacial score (nSPS) is 11.9. The summed E-state index contributed by atoms with van der Waals surface area (Å²) in [6, 6.07) is 7.48. The van der Waals surface area contributed by atoms with Crippen LogP contribution in [0.3, 0.4) is 0 Å². The minimum absolute atomic E-state index is 0.0645. The number of nitro groups is 1. The zero-order chi connectivity index (χ0) is 15.4. The van der Waals surface area contributed by atoms with E-state index in [0.29, 0.717) is 0 Å². The third-order valence-corrected chi connectivity index (χ3v) is 3.00. The summed E-state index contributed by atoms with van der Waals surface area (Å²) in [5.41, 5.74) is 1.61. The summed E-state index contributed by atoms with van der Waals surface area (Å²) in [7, 11) is 0. The highest BCUT2D eigenvalue weighted by Gasteiger charge is 2.24. The number of carbonyl (C=O) groups is 1. The van der Waals surface area contributed by atoms with Crippen molar-refractivity contribution in [3.63, 3.8) is 0 Å². The van der Waals surface area contributed by atoms with E-state index in [1.807, 2.05) is 31.2 Å². The van der Waals surface area contributed by atoms with Crippen molar-refractivity contribution in [1.29, 1.82) is 0 Å². The molecule has 1 atom stereocenters. The lowest BCUT2D eigenvalue weighted by Gasteiger charge is -2.11. The Morgan fingerprint density at radius 2 is 2.05 bits per heavy atom. The molecule has 0 radical (unpaired) electrons. The fourth-order valence-corrected chi connectivity index (χ4v) is 1.97. The predicted molar refractivity (Wildman–Crippen MR) is 73.9 cm³/mol. The average molecular weight is 287 g/mol. The molecular weight excluding hydrogens is 274 g/mol. The van der Waals surface area contributed by atoms with Gasteiger partial charge in [0.15, 0.2) is 0 Å². The lowest BCUT2D eigenvalue weighted by molar-refractivity contribution is -0.385. The van der Waals surface area contributed by atoms with E-state index in [0.717, 1.165) is 23.5 Å². The van der Waals surface area contributed by atoms with Gasteiger partial charge in [-0.15, -0.1) is 0 Å². The number of hydrogen-bond acceptors (Lipinski definition) is 5. The molecule has 0 bridgehead atoms. The summed E-state index contributed by atoms with van der Waals surface area (Å²) in [6.45, 7) is 1.92. The van der Waals surface area contributed by atoms with Crippen LogP contribution in [-0.2, 0) is 11.2 Å². The molecule has 1 aromatic carbocycles. The van der Waals surface area contributed by atoms with E-state index < -0.39 is 16.8 Å². The van der Waals surface area contributed by atoms with E-state index in [-0.39, 0.29) is 17.9 Å². The van der Waals surface area contributed by atoms with Crippen LogP contribution in [0.5, 0.6) is 0 Å². The highest BCUT2D eigenvalue weighted by molar-refractivity contribution is 5.75. The van der Waals surface area contributed by atoms with Crippen molar-refractivity contribution >= 4 is 11.7 Å². The summed E-state index contributed by atoms with van der Waals surface area (Å²) in [4.78, 5) is 28.9. The number of carboxylic acid groups (broad SMARTS) is 1. The summed E-state index contributed by atoms with van der Waals surface area (Å²) in [6.07, 6.45) is 2.28. The minimum Gasteiger partial charge on any atom is -0.481 e. The van der Waals surface area contributed by atoms with E-state index in [2.05, 4.69) is 9.97 Å². The molecule has 0 aliphatic carbocycles. The number of aromatic nitrogens is 2. The Hall–Kier alpha value is -2.83. The van der Waals surface area contributed by atoms with Gasteiger partial charge in [-0.1, -0.05) is 29.8 Å². The van der Waals surface area contributed by atoms with Crippen molar-refractivity contribution in [2.75, 3.05) is 0 Å². The second kappa shape index (κ2) is 6.08. The summed E-state index contributed by atoms with van der Waals surface area (Å²) < 4.78 is 0. The lowest BCUT2D eigenvalue weighted by atomic mass is 9.97. The average Bonchev–Trinajstić information content (AvgIpc) is 2.44. The smallest absolute Gasteiger partial charge is 0.314 e. The molecule has 1 unspecified atom stereocenters. The number of carboxylic acids is 1. The van der Waals surface area contributed by atoms with Crippen molar-refractivity contribution in [3.8, 4) is 0 Å². The number of hydrogen-bond donors (Lipinski definition) is 1. The molecule has 1 heterocycles. The first-order valence-corrected chi connectivity index (χ1v) is 6.22. The number of nitrogens with zero attached hydrogens (tertiary/aromatic N) is 3. The Bertz CT molecular complexity index is 670. The Labute approximate surface area is 120 Å². The van der Waals surface area contributed by atoms with Gasteiger partial charge in [-0.3, -0.25) is 14.9 Å². The topological polar surface area (TPSA) is 106 Å². The summed E-state index contributed by atoms with van der Waals surface area (Å²) in [5, 5.41) is 19.9. The van der Waals surface area contributed by atoms with Crippen LogP contribution in [0.25, 0.3) is 0 Å². The standard InChI is InChI=1S/C14H13N3O4/c1-9-3-2-4-10(5-9)6-12(14(18)19)13-15-7-11(8-16-13)17(20)21/h2-5,7-8,12H,6H2,1H3,(H,18,19). The molecule has 0 saturated carbocycles. The molecule has 0 spiro atoms. The van der Waals surface area contributed by atoms with Crippen LogP contribution in [0.1, 0.15) is 22.9 Å². The van der Waals surface area contributed by atoms with Crippen molar-refractivity contribution in [1.82, 2.24) is 9.97 Å². The fraction of sp³-hybridized carbons (Fsp3) is 0.214. The molecule has 1 N–H and O–H groups in total. The van der Waals surface area contributed by atoms with Crippen LogP contribution in [0.15, 0.2) is 36.7 Å². The maximum Gasteiger partial charge on any atom is 0.314 e. The number of aryl methyl sites for hydroxylation is 1. The Kier molecular flexibility index (Phi) is 4.22. The van der Waals surface area contributed by atoms with Crippen LogP contribution in [-0.4, -0.2) is 26.0 Å². The second-order valence-corrected chi connectivity index (χ2v) is 4.64. The monoisotopic (exact) mass is 287 g/mol. The van der Waals surface area contributed by atoms with Crippen LogP contribution >= 0.6 is 0 Å². The molecule has 2 rings (SSSR count). The zero-order valence-corrected chi connectivity index (χ0v) is 11.3. The van der Waals surface area contributed by atoms with E-state index in [4.69, 9.17) is 0 Å². The zero-order valence-electron chi connectivity index (χ0n) is 11.3. The van der Waals surface area contributed by atoms with E-state index in [1.54, 1.807) is 0 Å². The van der Waals surface area contributed by atoms with Gasteiger partial charge in [0.1, 0.15) is 24.1 Å². The first kappa shape index (κ1) is 14.6. The second-order valence-electron chi connectivity index (χ2n) is 4.64. The molecule has 0 aliphatic heterocycles. The third kappa shape index (κ3) is 3.59. The number of rotatable bonds is 5. The predicted octanol–water partition coefficient (Wildman–Crippen LogP) is 2.10. The SMILES string of the molecule is Cc1cccc(CC(C(=O)O)c2ncc([N+](=O)[O-])cn2)c1. The van der Waals surface area contributed by atoms with Crippen LogP contribution in [0.2, 0.25) is 0 Å². The molecule has 0 amide bonds. The van der Waals surface area contributed by atoms with Gasteiger partial charge in [-0.25, -0.2) is 9.97 Å². The first-order valence-electron chi connectivity index (χ1n) is 6.22. The van der Waals surface area contributed by atoms with Crippen LogP contribution in [0, 0.1) is 17.0 Å². The van der Waals surface area contributed by atoms with Gasteiger partial charge < -0.3 is 5.11 Å². The van der Waals surface area contributed by atoms with Crippen molar-refractivity contribution in [2.24, 2.45) is 0 Å². The highest BCUT2D eigenvalue weighted by Crippen LogP contribution is 2.20. The molecule has 0 aliphatic rings. The molecule has 0 saturated heterocycles. The molecule has 0 fully saturated rings. The molecule has 7 heteroatoms. The van der Waals surface area contributed by atoms with E-state index >= 15 is 0 Å². The first-order chi connectivity index (χ1) is 9.97. The lowest BCUT2D eigenvalue weighted by Crippen LogP contribution is -2.17. The van der Waals surface area contributed by atoms with E-state index in [9.17, 15) is 20.0 Å². The Balaban J connectivity index is 2.26. The highest BCUT2D eigenvalue weighted by atomic mass is 16.6. The molecule has 108 valence electrons. The molecule has 21 heavy (non-hydrogen) atoms. The molecule has 2 aromatic rings. The third-order valence-electron chi connectivity index (χ3n) is 3.00. The maximum absolute atomic E-state index is 11.4. The number of aliphatic carboxylic acids is 1. The quantitative estimate of drug-likeness (QED) is 0.666.